The maximum Gasteiger partial charge on any atom is 0.333 e. The van der Waals surface area contributed by atoms with E-state index in [0.717, 1.165) is 11.9 Å². The fourth-order valence-corrected chi connectivity index (χ4v) is 3.47. The monoisotopic (exact) mass is 347 g/mol. The van der Waals surface area contributed by atoms with Gasteiger partial charge in [0.15, 0.2) is 0 Å². The van der Waals surface area contributed by atoms with Crippen LogP contribution in [0.5, 0.6) is 0 Å². The first-order valence-electron chi connectivity index (χ1n) is 7.02. The average Bonchev–Trinajstić information content (AvgIpc) is 3.03. The van der Waals surface area contributed by atoms with Gasteiger partial charge in [-0.25, -0.2) is 17.8 Å². The Morgan fingerprint density at radius 3 is 2.57 bits per heavy atom. The Kier molecular flexibility index (Phi) is 5.15. The lowest BCUT2D eigenvalue weighted by atomic mass is 10.2. The number of alkyl halides is 2. The fraction of sp³-hybridized carbons (Fsp3) is 0.538. The normalized spacial score (nSPS) is 13.7. The Hall–Kier alpha value is -1.81. The summed E-state index contributed by atoms with van der Waals surface area (Å²) in [5, 5.41) is 7.65. The van der Waals surface area contributed by atoms with Crippen LogP contribution < -0.4 is 4.72 Å². The standard InChI is InChI=1S/C13H19F2N5O2S/c1-9(8-19-5-4-10(2)18-19)6-17-23(21,22)12-7-16-20(11(12)3)13(14)15/h4-5,7,9,13,17H,6,8H2,1-3H3. The van der Waals surface area contributed by atoms with Crippen molar-refractivity contribution in [3.63, 3.8) is 0 Å². The molecule has 1 unspecified atom stereocenters. The van der Waals surface area contributed by atoms with Gasteiger partial charge in [-0.1, -0.05) is 6.92 Å². The van der Waals surface area contributed by atoms with Crippen molar-refractivity contribution in [2.45, 2.75) is 38.8 Å². The molecule has 0 radical (unpaired) electrons. The summed E-state index contributed by atoms with van der Waals surface area (Å²) in [6.45, 7) is 2.87. The number of rotatable bonds is 7. The van der Waals surface area contributed by atoms with Crippen molar-refractivity contribution in [1.29, 1.82) is 0 Å². The number of aromatic nitrogens is 4. The molecule has 0 aliphatic carbocycles. The van der Waals surface area contributed by atoms with Crippen molar-refractivity contribution in [3.8, 4) is 0 Å². The van der Waals surface area contributed by atoms with Crippen molar-refractivity contribution in [3.05, 3.63) is 29.8 Å². The molecule has 2 rings (SSSR count). The minimum absolute atomic E-state index is 0.0190. The van der Waals surface area contributed by atoms with Crippen molar-refractivity contribution >= 4 is 10.0 Å². The predicted octanol–water partition coefficient (Wildman–Crippen LogP) is 1.71. The van der Waals surface area contributed by atoms with Gasteiger partial charge in [0.2, 0.25) is 10.0 Å². The van der Waals surface area contributed by atoms with Gasteiger partial charge in [-0.2, -0.15) is 19.0 Å². The van der Waals surface area contributed by atoms with Gasteiger partial charge in [0.25, 0.3) is 0 Å². The largest absolute Gasteiger partial charge is 0.333 e. The third-order valence-corrected chi connectivity index (χ3v) is 4.90. The van der Waals surface area contributed by atoms with Gasteiger partial charge in [-0.15, -0.1) is 0 Å². The van der Waals surface area contributed by atoms with Crippen LogP contribution in [-0.2, 0) is 16.6 Å². The fourth-order valence-electron chi connectivity index (χ4n) is 2.15. The second-order valence-electron chi connectivity index (χ2n) is 5.45. The van der Waals surface area contributed by atoms with Crippen molar-refractivity contribution in [2.24, 2.45) is 5.92 Å². The van der Waals surface area contributed by atoms with Crippen molar-refractivity contribution in [2.75, 3.05) is 6.54 Å². The summed E-state index contributed by atoms with van der Waals surface area (Å²) in [5.41, 5.74) is 0.788. The molecule has 0 amide bonds. The molecule has 128 valence electrons. The Morgan fingerprint density at radius 2 is 2.04 bits per heavy atom. The topological polar surface area (TPSA) is 81.8 Å². The minimum Gasteiger partial charge on any atom is -0.272 e. The minimum atomic E-state index is -3.88. The summed E-state index contributed by atoms with van der Waals surface area (Å²) in [4.78, 5) is -0.236. The molecule has 0 saturated heterocycles. The highest BCUT2D eigenvalue weighted by molar-refractivity contribution is 7.89. The molecule has 0 aromatic carbocycles. The van der Waals surface area contributed by atoms with Gasteiger partial charge < -0.3 is 0 Å². The van der Waals surface area contributed by atoms with E-state index in [4.69, 9.17) is 0 Å². The molecule has 0 spiro atoms. The van der Waals surface area contributed by atoms with E-state index in [1.54, 1.807) is 4.68 Å². The molecule has 0 aliphatic rings. The average molecular weight is 347 g/mol. The van der Waals surface area contributed by atoms with E-state index >= 15 is 0 Å². The molecule has 0 saturated carbocycles. The molecule has 2 aromatic heterocycles. The second-order valence-corrected chi connectivity index (χ2v) is 7.19. The predicted molar refractivity (Wildman–Crippen MR) is 79.5 cm³/mol. The van der Waals surface area contributed by atoms with Crippen molar-refractivity contribution in [1.82, 2.24) is 24.3 Å². The lowest BCUT2D eigenvalue weighted by molar-refractivity contribution is 0.0541. The van der Waals surface area contributed by atoms with Crippen LogP contribution in [0.1, 0.15) is 24.9 Å². The maximum atomic E-state index is 12.7. The molecular formula is C13H19F2N5O2S. The molecule has 7 nitrogen and oxygen atoms in total. The SMILES string of the molecule is Cc1ccn(CC(C)CNS(=O)(=O)c2cnn(C(F)F)c2C)n1. The van der Waals surface area contributed by atoms with E-state index in [1.165, 1.54) is 6.92 Å². The number of hydrogen-bond acceptors (Lipinski definition) is 4. The number of nitrogens with zero attached hydrogens (tertiary/aromatic N) is 4. The number of hydrogen-bond donors (Lipinski definition) is 1. The molecule has 0 aliphatic heterocycles. The summed E-state index contributed by atoms with van der Waals surface area (Å²) in [6.07, 6.45) is 2.75. The van der Waals surface area contributed by atoms with Crippen LogP contribution in [0.4, 0.5) is 8.78 Å². The third-order valence-electron chi connectivity index (χ3n) is 3.37. The maximum absolute atomic E-state index is 12.7. The van der Waals surface area contributed by atoms with Crippen LogP contribution in [0, 0.1) is 19.8 Å². The summed E-state index contributed by atoms with van der Waals surface area (Å²) < 4.78 is 54.3. The zero-order valence-electron chi connectivity index (χ0n) is 13.1. The molecule has 2 heterocycles. The van der Waals surface area contributed by atoms with Gasteiger partial charge in [0.1, 0.15) is 4.90 Å². The smallest absolute Gasteiger partial charge is 0.272 e. The summed E-state index contributed by atoms with van der Waals surface area (Å²) in [7, 11) is -3.88. The first-order valence-corrected chi connectivity index (χ1v) is 8.51. The highest BCUT2D eigenvalue weighted by Crippen LogP contribution is 2.19. The van der Waals surface area contributed by atoms with E-state index in [1.807, 2.05) is 26.1 Å². The van der Waals surface area contributed by atoms with Crippen LogP contribution in [0.3, 0.4) is 0 Å². The van der Waals surface area contributed by atoms with E-state index in [2.05, 4.69) is 14.9 Å². The Labute approximate surface area is 133 Å². The first-order chi connectivity index (χ1) is 10.7. The highest BCUT2D eigenvalue weighted by Gasteiger charge is 2.23. The molecule has 1 atom stereocenters. The van der Waals surface area contributed by atoms with E-state index in [0.29, 0.717) is 11.2 Å². The molecule has 23 heavy (non-hydrogen) atoms. The lowest BCUT2D eigenvalue weighted by Crippen LogP contribution is -2.30. The number of sulfonamides is 1. The quantitative estimate of drug-likeness (QED) is 0.827. The Morgan fingerprint density at radius 1 is 1.35 bits per heavy atom. The molecule has 2 aromatic rings. The van der Waals surface area contributed by atoms with E-state index < -0.39 is 16.6 Å². The van der Waals surface area contributed by atoms with Gasteiger partial charge in [0, 0.05) is 19.3 Å². The van der Waals surface area contributed by atoms with Crippen LogP contribution >= 0.6 is 0 Å². The van der Waals surface area contributed by atoms with E-state index in [9.17, 15) is 17.2 Å². The number of nitrogens with one attached hydrogen (secondary N) is 1. The Balaban J connectivity index is 2.01. The van der Waals surface area contributed by atoms with Gasteiger partial charge >= 0.3 is 6.55 Å². The second kappa shape index (κ2) is 6.75. The lowest BCUT2D eigenvalue weighted by Gasteiger charge is -2.13. The van der Waals surface area contributed by atoms with Crippen LogP contribution in [0.25, 0.3) is 0 Å². The molecular weight excluding hydrogens is 328 g/mol. The van der Waals surface area contributed by atoms with Crippen LogP contribution in [-0.4, -0.2) is 34.5 Å². The van der Waals surface area contributed by atoms with Crippen LogP contribution in [0.15, 0.2) is 23.4 Å². The zero-order chi connectivity index (χ0) is 17.2. The third kappa shape index (κ3) is 4.14. The molecule has 0 fully saturated rings. The molecule has 1 N–H and O–H groups in total. The number of halogens is 2. The summed E-state index contributed by atoms with van der Waals surface area (Å²) in [6, 6.07) is 1.86. The summed E-state index contributed by atoms with van der Waals surface area (Å²) >= 11 is 0. The van der Waals surface area contributed by atoms with Crippen molar-refractivity contribution < 1.29 is 17.2 Å². The molecule has 0 bridgehead atoms. The van der Waals surface area contributed by atoms with Gasteiger partial charge in [-0.3, -0.25) is 4.68 Å². The van der Waals surface area contributed by atoms with Gasteiger partial charge in [0.05, 0.1) is 17.6 Å². The van der Waals surface area contributed by atoms with E-state index in [-0.39, 0.29) is 23.1 Å². The summed E-state index contributed by atoms with van der Waals surface area (Å²) in [5.74, 6) is -0.0190. The van der Waals surface area contributed by atoms with Gasteiger partial charge in [-0.05, 0) is 25.8 Å². The Bertz CT molecular complexity index is 769. The zero-order valence-corrected chi connectivity index (χ0v) is 13.9. The van der Waals surface area contributed by atoms with Crippen LogP contribution in [0.2, 0.25) is 0 Å². The number of aryl methyl sites for hydroxylation is 1. The first kappa shape index (κ1) is 17.5. The highest BCUT2D eigenvalue weighted by atomic mass is 32.2. The molecule has 10 heteroatoms.